The number of hydrogen-bond donors (Lipinski definition) is 1. The van der Waals surface area contributed by atoms with E-state index in [4.69, 9.17) is 0 Å². The molecular formula is C15H20FN3. The third-order valence-electron chi connectivity index (χ3n) is 3.65. The van der Waals surface area contributed by atoms with Crippen LogP contribution in [0.2, 0.25) is 0 Å². The van der Waals surface area contributed by atoms with Crippen molar-refractivity contribution in [3.05, 3.63) is 29.8 Å². The lowest BCUT2D eigenvalue weighted by Gasteiger charge is -2.08. The molecule has 1 saturated carbocycles. The molecule has 19 heavy (non-hydrogen) atoms. The summed E-state index contributed by atoms with van der Waals surface area (Å²) in [6.45, 7) is 4.93. The molecule has 2 aromatic rings. The summed E-state index contributed by atoms with van der Waals surface area (Å²) >= 11 is 0. The zero-order valence-corrected chi connectivity index (χ0v) is 11.3. The maximum atomic E-state index is 13.3. The second-order valence-corrected chi connectivity index (χ2v) is 5.39. The van der Waals surface area contributed by atoms with Gasteiger partial charge in [-0.2, -0.15) is 0 Å². The SMILES string of the molecule is CCCn1c(CNCC2CC2)nc2cc(F)ccc21. The van der Waals surface area contributed by atoms with E-state index < -0.39 is 0 Å². The fourth-order valence-corrected chi connectivity index (χ4v) is 2.47. The molecule has 1 fully saturated rings. The largest absolute Gasteiger partial charge is 0.327 e. The van der Waals surface area contributed by atoms with Crippen molar-refractivity contribution in [3.63, 3.8) is 0 Å². The molecule has 1 aliphatic carbocycles. The van der Waals surface area contributed by atoms with Gasteiger partial charge in [0.1, 0.15) is 11.6 Å². The number of fused-ring (bicyclic) bond motifs is 1. The van der Waals surface area contributed by atoms with Crippen LogP contribution in [0.1, 0.15) is 32.0 Å². The van der Waals surface area contributed by atoms with Gasteiger partial charge in [-0.1, -0.05) is 6.92 Å². The van der Waals surface area contributed by atoms with Crippen LogP contribution in [0.3, 0.4) is 0 Å². The molecule has 0 spiro atoms. The average Bonchev–Trinajstić information content (AvgIpc) is 3.14. The molecule has 0 radical (unpaired) electrons. The van der Waals surface area contributed by atoms with Gasteiger partial charge in [-0.05, 0) is 43.9 Å². The van der Waals surface area contributed by atoms with Crippen molar-refractivity contribution in [3.8, 4) is 0 Å². The molecule has 0 saturated heterocycles. The van der Waals surface area contributed by atoms with Gasteiger partial charge < -0.3 is 9.88 Å². The second-order valence-electron chi connectivity index (χ2n) is 5.39. The molecule has 1 N–H and O–H groups in total. The number of aryl methyl sites for hydroxylation is 1. The zero-order valence-electron chi connectivity index (χ0n) is 11.3. The van der Waals surface area contributed by atoms with Gasteiger partial charge in [0.05, 0.1) is 17.6 Å². The van der Waals surface area contributed by atoms with Gasteiger partial charge >= 0.3 is 0 Å². The van der Waals surface area contributed by atoms with E-state index in [1.54, 1.807) is 0 Å². The Bertz CT molecular complexity index is 572. The third kappa shape index (κ3) is 2.78. The molecule has 1 aromatic carbocycles. The highest BCUT2D eigenvalue weighted by atomic mass is 19.1. The molecule has 0 amide bonds. The zero-order chi connectivity index (χ0) is 13.2. The van der Waals surface area contributed by atoms with Crippen LogP contribution in [0.25, 0.3) is 11.0 Å². The number of rotatable bonds is 6. The summed E-state index contributed by atoms with van der Waals surface area (Å²) in [5.41, 5.74) is 1.79. The Morgan fingerprint density at radius 2 is 2.26 bits per heavy atom. The predicted molar refractivity (Wildman–Crippen MR) is 74.4 cm³/mol. The van der Waals surface area contributed by atoms with Gasteiger partial charge in [0.2, 0.25) is 0 Å². The lowest BCUT2D eigenvalue weighted by Crippen LogP contribution is -2.19. The van der Waals surface area contributed by atoms with Crippen LogP contribution in [-0.4, -0.2) is 16.1 Å². The van der Waals surface area contributed by atoms with Crippen molar-refractivity contribution in [1.82, 2.24) is 14.9 Å². The summed E-state index contributed by atoms with van der Waals surface area (Å²) < 4.78 is 15.5. The first-order valence-electron chi connectivity index (χ1n) is 7.13. The molecule has 0 bridgehead atoms. The Hall–Kier alpha value is -1.42. The normalized spacial score (nSPS) is 15.3. The highest BCUT2D eigenvalue weighted by molar-refractivity contribution is 5.76. The van der Waals surface area contributed by atoms with E-state index in [1.807, 2.05) is 6.07 Å². The molecule has 4 heteroatoms. The summed E-state index contributed by atoms with van der Waals surface area (Å²) in [5, 5.41) is 3.46. The van der Waals surface area contributed by atoms with E-state index in [9.17, 15) is 4.39 Å². The molecule has 1 heterocycles. The molecule has 0 unspecified atom stereocenters. The van der Waals surface area contributed by atoms with Crippen LogP contribution in [0.4, 0.5) is 4.39 Å². The monoisotopic (exact) mass is 261 g/mol. The first-order valence-corrected chi connectivity index (χ1v) is 7.13. The molecule has 1 aliphatic rings. The number of benzene rings is 1. The van der Waals surface area contributed by atoms with Gasteiger partial charge in [-0.15, -0.1) is 0 Å². The van der Waals surface area contributed by atoms with E-state index in [2.05, 4.69) is 21.8 Å². The summed E-state index contributed by atoms with van der Waals surface area (Å²) in [6, 6.07) is 4.86. The Balaban J connectivity index is 1.84. The minimum atomic E-state index is -0.217. The summed E-state index contributed by atoms with van der Waals surface area (Å²) in [7, 11) is 0. The maximum absolute atomic E-state index is 13.3. The molecule has 3 rings (SSSR count). The topological polar surface area (TPSA) is 29.9 Å². The van der Waals surface area contributed by atoms with Crippen LogP contribution in [-0.2, 0) is 13.1 Å². The molecular weight excluding hydrogens is 241 g/mol. The minimum absolute atomic E-state index is 0.217. The molecule has 0 aliphatic heterocycles. The summed E-state index contributed by atoms with van der Waals surface area (Å²) in [5.74, 6) is 1.66. The highest BCUT2D eigenvalue weighted by Gasteiger charge is 2.20. The second kappa shape index (κ2) is 5.29. The third-order valence-corrected chi connectivity index (χ3v) is 3.65. The van der Waals surface area contributed by atoms with Crippen molar-refractivity contribution in [2.75, 3.05) is 6.54 Å². The average molecular weight is 261 g/mol. The fraction of sp³-hybridized carbons (Fsp3) is 0.533. The number of nitrogens with one attached hydrogen (secondary N) is 1. The molecule has 102 valence electrons. The minimum Gasteiger partial charge on any atom is -0.327 e. The molecule has 1 aromatic heterocycles. The van der Waals surface area contributed by atoms with Crippen molar-refractivity contribution < 1.29 is 4.39 Å². The van der Waals surface area contributed by atoms with E-state index in [0.29, 0.717) is 0 Å². The Kier molecular flexibility index (Phi) is 3.51. The van der Waals surface area contributed by atoms with Crippen molar-refractivity contribution in [1.29, 1.82) is 0 Å². The smallest absolute Gasteiger partial charge is 0.125 e. The van der Waals surface area contributed by atoms with Crippen LogP contribution < -0.4 is 5.32 Å². The van der Waals surface area contributed by atoms with Gasteiger partial charge in [0.15, 0.2) is 0 Å². The van der Waals surface area contributed by atoms with Gasteiger partial charge in [0.25, 0.3) is 0 Å². The number of hydrogen-bond acceptors (Lipinski definition) is 2. The first-order chi connectivity index (χ1) is 9.28. The van der Waals surface area contributed by atoms with E-state index in [-0.39, 0.29) is 5.82 Å². The first kappa shape index (κ1) is 12.6. The maximum Gasteiger partial charge on any atom is 0.125 e. The quantitative estimate of drug-likeness (QED) is 0.866. The van der Waals surface area contributed by atoms with E-state index >= 15 is 0 Å². The summed E-state index contributed by atoms with van der Waals surface area (Å²) in [6.07, 6.45) is 3.76. The van der Waals surface area contributed by atoms with Crippen molar-refractivity contribution in [2.45, 2.75) is 39.3 Å². The van der Waals surface area contributed by atoms with Crippen LogP contribution in [0, 0.1) is 11.7 Å². The highest BCUT2D eigenvalue weighted by Crippen LogP contribution is 2.27. The Morgan fingerprint density at radius 3 is 3.00 bits per heavy atom. The number of aromatic nitrogens is 2. The Labute approximate surface area is 112 Å². The van der Waals surface area contributed by atoms with E-state index in [1.165, 1.54) is 25.0 Å². The molecule has 0 atom stereocenters. The van der Waals surface area contributed by atoms with Gasteiger partial charge in [0, 0.05) is 12.6 Å². The lowest BCUT2D eigenvalue weighted by molar-refractivity contribution is 0.579. The van der Waals surface area contributed by atoms with Crippen LogP contribution in [0.5, 0.6) is 0 Å². The Morgan fingerprint density at radius 1 is 1.42 bits per heavy atom. The van der Waals surface area contributed by atoms with Crippen molar-refractivity contribution in [2.24, 2.45) is 5.92 Å². The lowest BCUT2D eigenvalue weighted by atomic mass is 10.3. The molecule has 3 nitrogen and oxygen atoms in total. The van der Waals surface area contributed by atoms with Gasteiger partial charge in [-0.25, -0.2) is 9.37 Å². The van der Waals surface area contributed by atoms with Crippen LogP contribution >= 0.6 is 0 Å². The number of nitrogens with zero attached hydrogens (tertiary/aromatic N) is 2. The number of halogens is 1. The fourth-order valence-electron chi connectivity index (χ4n) is 2.47. The predicted octanol–water partition coefficient (Wildman–Crippen LogP) is 3.09. The van der Waals surface area contributed by atoms with E-state index in [0.717, 1.165) is 48.8 Å². The summed E-state index contributed by atoms with van der Waals surface area (Å²) in [4.78, 5) is 4.57. The van der Waals surface area contributed by atoms with Crippen molar-refractivity contribution >= 4 is 11.0 Å². The standard InChI is InChI=1S/C15H20FN3/c1-2-7-19-14-6-5-12(16)8-13(14)18-15(19)10-17-9-11-3-4-11/h5-6,8,11,17H,2-4,7,9-10H2,1H3. The van der Waals surface area contributed by atoms with Gasteiger partial charge in [-0.3, -0.25) is 0 Å². The van der Waals surface area contributed by atoms with Crippen LogP contribution in [0.15, 0.2) is 18.2 Å². The number of imidazole rings is 1.